The molecule has 0 radical (unpaired) electrons. The van der Waals surface area contributed by atoms with E-state index in [2.05, 4.69) is 9.44 Å². The van der Waals surface area contributed by atoms with Crippen LogP contribution in [0.5, 0.6) is 0 Å². The van der Waals surface area contributed by atoms with Crippen molar-refractivity contribution in [3.05, 3.63) is 81.9 Å². The van der Waals surface area contributed by atoms with Crippen LogP contribution in [0, 0.1) is 27.7 Å². The largest absolute Gasteiger partial charge is 0.279 e. The van der Waals surface area contributed by atoms with Crippen molar-refractivity contribution < 1.29 is 16.8 Å². The first-order valence-electron chi connectivity index (χ1n) is 9.39. The molecule has 0 aliphatic carbocycles. The van der Waals surface area contributed by atoms with Crippen LogP contribution in [0.3, 0.4) is 0 Å². The average molecular weight is 479 g/mol. The van der Waals surface area contributed by atoms with E-state index in [1.165, 1.54) is 18.2 Å². The highest BCUT2D eigenvalue weighted by atomic mass is 35.5. The molecule has 2 N–H and O–H groups in total. The Hall–Kier alpha value is -2.55. The number of sulfonamides is 2. The summed E-state index contributed by atoms with van der Waals surface area (Å²) in [6.07, 6.45) is 0. The van der Waals surface area contributed by atoms with E-state index in [1.54, 1.807) is 38.1 Å². The second kappa shape index (κ2) is 8.53. The van der Waals surface area contributed by atoms with Crippen molar-refractivity contribution in [2.24, 2.45) is 0 Å². The van der Waals surface area contributed by atoms with E-state index < -0.39 is 20.0 Å². The van der Waals surface area contributed by atoms with Gasteiger partial charge in [0.1, 0.15) is 0 Å². The molecule has 0 fully saturated rings. The molecule has 0 aliphatic heterocycles. The molecule has 0 unspecified atom stereocenters. The fourth-order valence-corrected chi connectivity index (χ4v) is 5.86. The van der Waals surface area contributed by atoms with Crippen LogP contribution in [0.1, 0.15) is 22.3 Å². The Labute approximate surface area is 188 Å². The number of benzene rings is 3. The molecule has 0 amide bonds. The molecule has 0 aromatic heterocycles. The summed E-state index contributed by atoms with van der Waals surface area (Å²) in [6, 6.07) is 14.2. The minimum atomic E-state index is -3.97. The van der Waals surface area contributed by atoms with Crippen molar-refractivity contribution in [3.63, 3.8) is 0 Å². The highest BCUT2D eigenvalue weighted by Crippen LogP contribution is 2.28. The van der Waals surface area contributed by atoms with Gasteiger partial charge in [-0.3, -0.25) is 9.44 Å². The first-order valence-corrected chi connectivity index (χ1v) is 12.7. The topological polar surface area (TPSA) is 92.3 Å². The normalized spacial score (nSPS) is 11.9. The SMILES string of the molecule is Cc1ccc(NS(=O)(=O)c2ccc(C)c(NS(=O)(=O)c3cc(Cl)ccc3C)c2)c(C)c1. The maximum Gasteiger partial charge on any atom is 0.262 e. The van der Waals surface area contributed by atoms with Gasteiger partial charge in [-0.25, -0.2) is 16.8 Å². The van der Waals surface area contributed by atoms with Crippen molar-refractivity contribution >= 4 is 43.0 Å². The molecule has 6 nitrogen and oxygen atoms in total. The molecule has 3 aromatic rings. The van der Waals surface area contributed by atoms with Crippen LogP contribution in [-0.2, 0) is 20.0 Å². The van der Waals surface area contributed by atoms with Gasteiger partial charge < -0.3 is 0 Å². The lowest BCUT2D eigenvalue weighted by molar-refractivity contribution is 0.598. The summed E-state index contributed by atoms with van der Waals surface area (Å²) >= 11 is 5.96. The van der Waals surface area contributed by atoms with Gasteiger partial charge >= 0.3 is 0 Å². The van der Waals surface area contributed by atoms with Gasteiger partial charge in [0.15, 0.2) is 0 Å². The standard InChI is InChI=1S/C22H23ClN2O4S2/c1-14-5-10-20(17(4)11-14)24-30(26,27)19-9-7-15(2)21(13-19)25-31(28,29)22-12-18(23)8-6-16(22)3/h5-13,24-25H,1-4H3. The maximum absolute atomic E-state index is 12.9. The van der Waals surface area contributed by atoms with E-state index >= 15 is 0 Å². The van der Waals surface area contributed by atoms with E-state index in [0.717, 1.165) is 11.1 Å². The third-order valence-electron chi connectivity index (χ3n) is 4.83. The molecule has 31 heavy (non-hydrogen) atoms. The van der Waals surface area contributed by atoms with Gasteiger partial charge in [-0.1, -0.05) is 41.4 Å². The molecule has 0 saturated heterocycles. The van der Waals surface area contributed by atoms with E-state index in [9.17, 15) is 16.8 Å². The highest BCUT2D eigenvalue weighted by Gasteiger charge is 2.21. The molecule has 0 aliphatic rings. The Morgan fingerprint density at radius 2 is 1.29 bits per heavy atom. The Kier molecular flexibility index (Phi) is 6.36. The van der Waals surface area contributed by atoms with Gasteiger partial charge in [0.2, 0.25) is 0 Å². The molecule has 9 heteroatoms. The number of halogens is 1. The lowest BCUT2D eigenvalue weighted by atomic mass is 10.1. The molecular formula is C22H23ClN2O4S2. The number of anilines is 2. The first kappa shape index (κ1) is 23.1. The van der Waals surface area contributed by atoms with Gasteiger partial charge in [-0.05, 0) is 74.7 Å². The number of hydrogen-bond acceptors (Lipinski definition) is 4. The third-order valence-corrected chi connectivity index (χ3v) is 7.94. The van der Waals surface area contributed by atoms with Crippen molar-refractivity contribution in [1.82, 2.24) is 0 Å². The summed E-state index contributed by atoms with van der Waals surface area (Å²) in [7, 11) is -7.90. The van der Waals surface area contributed by atoms with Crippen LogP contribution in [0.2, 0.25) is 5.02 Å². The summed E-state index contributed by atoms with van der Waals surface area (Å²) in [5, 5.41) is 0.289. The average Bonchev–Trinajstić information content (AvgIpc) is 2.67. The second-order valence-corrected chi connectivity index (χ2v) is 11.2. The molecule has 0 spiro atoms. The van der Waals surface area contributed by atoms with E-state index in [0.29, 0.717) is 16.8 Å². The molecular weight excluding hydrogens is 456 g/mol. The van der Waals surface area contributed by atoms with E-state index in [-0.39, 0.29) is 20.5 Å². The molecule has 3 aromatic carbocycles. The number of rotatable bonds is 6. The van der Waals surface area contributed by atoms with E-state index in [1.807, 2.05) is 26.0 Å². The van der Waals surface area contributed by atoms with Crippen LogP contribution in [-0.4, -0.2) is 16.8 Å². The number of aryl methyl sites for hydroxylation is 4. The van der Waals surface area contributed by atoms with Crippen LogP contribution in [0.15, 0.2) is 64.4 Å². The zero-order chi connectivity index (χ0) is 23.0. The van der Waals surface area contributed by atoms with Gasteiger partial charge in [0, 0.05) is 5.02 Å². The monoisotopic (exact) mass is 478 g/mol. The Balaban J connectivity index is 1.97. The van der Waals surface area contributed by atoms with Gasteiger partial charge in [-0.2, -0.15) is 0 Å². The van der Waals surface area contributed by atoms with E-state index in [4.69, 9.17) is 11.6 Å². The van der Waals surface area contributed by atoms with Gasteiger partial charge in [0.25, 0.3) is 20.0 Å². The fourth-order valence-electron chi connectivity index (χ4n) is 3.07. The lowest BCUT2D eigenvalue weighted by Crippen LogP contribution is -2.17. The number of hydrogen-bond donors (Lipinski definition) is 2. The minimum absolute atomic E-state index is 0.0288. The first-order chi connectivity index (χ1) is 14.4. The van der Waals surface area contributed by atoms with Crippen LogP contribution in [0.25, 0.3) is 0 Å². The van der Waals surface area contributed by atoms with Crippen molar-refractivity contribution in [2.75, 3.05) is 9.44 Å². The van der Waals surface area contributed by atoms with Gasteiger partial charge in [0.05, 0.1) is 21.2 Å². The summed E-state index contributed by atoms with van der Waals surface area (Å²) in [4.78, 5) is -0.0281. The zero-order valence-corrected chi connectivity index (χ0v) is 19.9. The van der Waals surface area contributed by atoms with Crippen LogP contribution < -0.4 is 9.44 Å². The molecule has 0 saturated carbocycles. The summed E-state index contributed by atoms with van der Waals surface area (Å²) in [6.45, 7) is 7.08. The Morgan fingerprint density at radius 3 is 1.97 bits per heavy atom. The summed E-state index contributed by atoms with van der Waals surface area (Å²) < 4.78 is 56.8. The molecule has 0 atom stereocenters. The van der Waals surface area contributed by atoms with Gasteiger partial charge in [-0.15, -0.1) is 0 Å². The molecule has 164 valence electrons. The van der Waals surface area contributed by atoms with Crippen molar-refractivity contribution in [2.45, 2.75) is 37.5 Å². The van der Waals surface area contributed by atoms with Crippen LogP contribution >= 0.6 is 11.6 Å². The van der Waals surface area contributed by atoms with Crippen molar-refractivity contribution in [3.8, 4) is 0 Å². The van der Waals surface area contributed by atoms with Crippen molar-refractivity contribution in [1.29, 1.82) is 0 Å². The predicted molar refractivity (Wildman–Crippen MR) is 125 cm³/mol. The zero-order valence-electron chi connectivity index (χ0n) is 17.5. The summed E-state index contributed by atoms with van der Waals surface area (Å²) in [5.74, 6) is 0. The highest BCUT2D eigenvalue weighted by molar-refractivity contribution is 7.93. The maximum atomic E-state index is 12.9. The quantitative estimate of drug-likeness (QED) is 0.510. The van der Waals surface area contributed by atoms with Crippen LogP contribution in [0.4, 0.5) is 11.4 Å². The third kappa shape index (κ3) is 5.20. The smallest absolute Gasteiger partial charge is 0.262 e. The predicted octanol–water partition coefficient (Wildman–Crippen LogP) is 5.18. The molecule has 0 heterocycles. The molecule has 0 bridgehead atoms. The number of nitrogens with one attached hydrogen (secondary N) is 2. The Bertz CT molecular complexity index is 1370. The fraction of sp³-hybridized carbons (Fsp3) is 0.182. The second-order valence-electron chi connectivity index (χ2n) is 7.42. The Morgan fingerprint density at radius 1 is 0.645 bits per heavy atom. The molecule has 3 rings (SSSR count). The minimum Gasteiger partial charge on any atom is -0.279 e. The lowest BCUT2D eigenvalue weighted by Gasteiger charge is -2.15. The summed E-state index contributed by atoms with van der Waals surface area (Å²) in [5.41, 5.74) is 3.53.